The molecule has 1 saturated heterocycles. The fourth-order valence-corrected chi connectivity index (χ4v) is 5.17. The Morgan fingerprint density at radius 2 is 1.49 bits per heavy atom. The third kappa shape index (κ3) is 9.16. The zero-order valence-corrected chi connectivity index (χ0v) is 24.1. The number of ketones is 1. The molecule has 3 aromatic carbocycles. The summed E-state index contributed by atoms with van der Waals surface area (Å²) in [5.41, 5.74) is 5.49. The van der Waals surface area contributed by atoms with E-state index in [0.717, 1.165) is 19.4 Å². The Hall–Kier alpha value is -2.35. The maximum atomic E-state index is 13.5. The van der Waals surface area contributed by atoms with Crippen molar-refractivity contribution in [3.63, 3.8) is 0 Å². The number of hydrogen-bond donors (Lipinski definition) is 0. The fourth-order valence-electron chi connectivity index (χ4n) is 4.98. The highest BCUT2D eigenvalue weighted by atomic mass is 31.0. The van der Waals surface area contributed by atoms with Gasteiger partial charge in [0, 0.05) is 11.8 Å². The highest BCUT2D eigenvalue weighted by molar-refractivity contribution is 7.27. The second kappa shape index (κ2) is 14.6. The number of rotatable bonds is 8. The molecule has 0 N–H and O–H groups in total. The average Bonchev–Trinajstić information content (AvgIpc) is 2.89. The predicted octanol–water partition coefficient (Wildman–Crippen LogP) is 7.66. The first-order valence-corrected chi connectivity index (χ1v) is 14.2. The summed E-state index contributed by atoms with van der Waals surface area (Å²) in [7, 11) is 2.75. The lowest BCUT2D eigenvalue weighted by molar-refractivity contribution is -0.119. The van der Waals surface area contributed by atoms with Gasteiger partial charge in [0.1, 0.15) is 11.6 Å². The van der Waals surface area contributed by atoms with Crippen molar-refractivity contribution in [2.45, 2.75) is 65.2 Å². The standard InChI is InChI=1S/C28H33FNP.C5H10O/c1-21-5-2-3-6-27(21)24-16-19-30(20-17-24)18-4-7-28(22-8-12-25(29)13-9-22)23-10-14-26(31)15-11-23;1-4(2)5(3)6/h2-3,5-6,8-15,24,28H,4,7,16-20,31H2,1H3;4H,1-3H3. The van der Waals surface area contributed by atoms with Crippen molar-refractivity contribution in [2.75, 3.05) is 19.6 Å². The van der Waals surface area contributed by atoms with Gasteiger partial charge in [-0.1, -0.05) is 74.5 Å². The summed E-state index contributed by atoms with van der Waals surface area (Å²) in [5.74, 6) is 1.32. The lowest BCUT2D eigenvalue weighted by Crippen LogP contribution is -2.34. The first-order valence-electron chi connectivity index (χ1n) is 13.6. The fraction of sp³-hybridized carbons (Fsp3) is 0.424. The minimum absolute atomic E-state index is 0.167. The molecule has 1 aliphatic heterocycles. The Morgan fingerprint density at radius 3 is 2.03 bits per heavy atom. The van der Waals surface area contributed by atoms with Gasteiger partial charge in [-0.25, -0.2) is 4.39 Å². The molecular weight excluding hydrogens is 476 g/mol. The van der Waals surface area contributed by atoms with E-state index in [1.165, 1.54) is 53.5 Å². The van der Waals surface area contributed by atoms with Crippen LogP contribution in [0.2, 0.25) is 0 Å². The summed E-state index contributed by atoms with van der Waals surface area (Å²) in [6.07, 6.45) is 4.74. The van der Waals surface area contributed by atoms with Gasteiger partial charge in [0.2, 0.25) is 0 Å². The van der Waals surface area contributed by atoms with E-state index in [2.05, 4.69) is 69.6 Å². The Bertz CT molecular complexity index is 1060. The molecule has 0 aliphatic carbocycles. The van der Waals surface area contributed by atoms with Gasteiger partial charge in [-0.2, -0.15) is 0 Å². The highest BCUT2D eigenvalue weighted by Gasteiger charge is 2.22. The molecule has 4 rings (SSSR count). The first-order chi connectivity index (χ1) is 17.7. The van der Waals surface area contributed by atoms with Gasteiger partial charge in [-0.15, -0.1) is 9.24 Å². The molecular formula is C33H43FNOP. The van der Waals surface area contributed by atoms with E-state index in [9.17, 15) is 9.18 Å². The molecule has 0 spiro atoms. The molecule has 3 aromatic rings. The molecule has 2 nitrogen and oxygen atoms in total. The number of carbonyl (C=O) groups is 1. The smallest absolute Gasteiger partial charge is 0.132 e. The largest absolute Gasteiger partial charge is 0.303 e. The number of halogens is 1. The van der Waals surface area contributed by atoms with Crippen molar-refractivity contribution in [1.82, 2.24) is 4.90 Å². The third-order valence-corrected chi connectivity index (χ3v) is 7.99. The number of likely N-dealkylation sites (tertiary alicyclic amines) is 1. The summed E-state index contributed by atoms with van der Waals surface area (Å²) >= 11 is 0. The van der Waals surface area contributed by atoms with E-state index >= 15 is 0 Å². The summed E-state index contributed by atoms with van der Waals surface area (Å²) < 4.78 is 13.5. The number of piperidine rings is 1. The van der Waals surface area contributed by atoms with Crippen LogP contribution in [-0.4, -0.2) is 30.3 Å². The molecule has 2 atom stereocenters. The van der Waals surface area contributed by atoms with Crippen molar-refractivity contribution < 1.29 is 9.18 Å². The predicted molar refractivity (Wildman–Crippen MR) is 158 cm³/mol. The van der Waals surface area contributed by atoms with Crippen LogP contribution in [-0.2, 0) is 4.79 Å². The van der Waals surface area contributed by atoms with Crippen molar-refractivity contribution >= 4 is 20.3 Å². The quantitative estimate of drug-likeness (QED) is 0.285. The monoisotopic (exact) mass is 519 g/mol. The van der Waals surface area contributed by atoms with Crippen LogP contribution in [0.3, 0.4) is 0 Å². The summed E-state index contributed by atoms with van der Waals surface area (Å²) in [5, 5.41) is 1.19. The van der Waals surface area contributed by atoms with Gasteiger partial charge in [-0.05, 0) is 105 Å². The molecule has 2 unspecified atom stereocenters. The lowest BCUT2D eigenvalue weighted by Gasteiger charge is -2.33. The van der Waals surface area contributed by atoms with Gasteiger partial charge in [0.25, 0.3) is 0 Å². The topological polar surface area (TPSA) is 20.3 Å². The molecule has 0 radical (unpaired) electrons. The summed E-state index contributed by atoms with van der Waals surface area (Å²) in [6.45, 7) is 11.1. The van der Waals surface area contributed by atoms with Crippen LogP contribution < -0.4 is 5.30 Å². The third-order valence-electron chi connectivity index (χ3n) is 7.61. The maximum absolute atomic E-state index is 13.5. The van der Waals surface area contributed by atoms with Gasteiger partial charge < -0.3 is 4.90 Å². The summed E-state index contributed by atoms with van der Waals surface area (Å²) in [4.78, 5) is 12.8. The maximum Gasteiger partial charge on any atom is 0.132 e. The molecule has 0 aromatic heterocycles. The zero-order chi connectivity index (χ0) is 26.8. The van der Waals surface area contributed by atoms with Crippen LogP contribution in [0.15, 0.2) is 72.8 Å². The SMILES string of the molecule is CC(=O)C(C)C.Cc1ccccc1C1CCN(CCCC(c2ccc(F)cc2)c2ccc(P)cc2)CC1. The average molecular weight is 520 g/mol. The van der Waals surface area contributed by atoms with Crippen molar-refractivity contribution in [1.29, 1.82) is 0 Å². The van der Waals surface area contributed by atoms with Crippen LogP contribution in [0.4, 0.5) is 4.39 Å². The minimum atomic E-state index is -0.167. The van der Waals surface area contributed by atoms with Gasteiger partial charge in [0.15, 0.2) is 0 Å². The van der Waals surface area contributed by atoms with Gasteiger partial charge >= 0.3 is 0 Å². The van der Waals surface area contributed by atoms with Crippen molar-refractivity contribution in [3.8, 4) is 0 Å². The van der Waals surface area contributed by atoms with E-state index in [1.54, 1.807) is 19.1 Å². The van der Waals surface area contributed by atoms with Crippen LogP contribution >= 0.6 is 9.24 Å². The molecule has 1 heterocycles. The molecule has 1 aliphatic rings. The Balaban J connectivity index is 0.000000568. The van der Waals surface area contributed by atoms with Crippen LogP contribution in [0, 0.1) is 18.7 Å². The van der Waals surface area contributed by atoms with Crippen LogP contribution in [0.1, 0.15) is 80.5 Å². The number of benzene rings is 3. The highest BCUT2D eigenvalue weighted by Crippen LogP contribution is 2.32. The first kappa shape index (κ1) is 29.2. The molecule has 4 heteroatoms. The molecule has 0 amide bonds. The van der Waals surface area contributed by atoms with Crippen LogP contribution in [0.5, 0.6) is 0 Å². The second-order valence-electron chi connectivity index (χ2n) is 10.7. The molecule has 198 valence electrons. The molecule has 0 bridgehead atoms. The lowest BCUT2D eigenvalue weighted by atomic mass is 9.86. The van der Waals surface area contributed by atoms with E-state index < -0.39 is 0 Å². The minimum Gasteiger partial charge on any atom is -0.303 e. The number of aryl methyl sites for hydroxylation is 1. The van der Waals surface area contributed by atoms with Crippen LogP contribution in [0.25, 0.3) is 0 Å². The number of Topliss-reactive ketones (excluding diaryl/α,β-unsaturated/α-hetero) is 1. The van der Waals surface area contributed by atoms with E-state index in [-0.39, 0.29) is 17.5 Å². The molecule has 37 heavy (non-hydrogen) atoms. The molecule has 0 saturated carbocycles. The van der Waals surface area contributed by atoms with E-state index in [1.807, 2.05) is 26.0 Å². The van der Waals surface area contributed by atoms with E-state index in [4.69, 9.17) is 0 Å². The Labute approximate surface area is 225 Å². The van der Waals surface area contributed by atoms with E-state index in [0.29, 0.717) is 11.8 Å². The number of carbonyl (C=O) groups excluding carboxylic acids is 1. The van der Waals surface area contributed by atoms with Gasteiger partial charge in [0.05, 0.1) is 0 Å². The molecule has 1 fully saturated rings. The number of hydrogen-bond acceptors (Lipinski definition) is 2. The summed E-state index contributed by atoms with van der Waals surface area (Å²) in [6, 6.07) is 24.6. The van der Waals surface area contributed by atoms with Crippen molar-refractivity contribution in [2.24, 2.45) is 5.92 Å². The second-order valence-corrected chi connectivity index (χ2v) is 11.3. The van der Waals surface area contributed by atoms with Gasteiger partial charge in [-0.3, -0.25) is 4.79 Å². The zero-order valence-electron chi connectivity index (χ0n) is 22.9. The normalized spacial score (nSPS) is 15.2. The Kier molecular flexibility index (Phi) is 11.5. The Morgan fingerprint density at radius 1 is 0.946 bits per heavy atom. The van der Waals surface area contributed by atoms with Crippen molar-refractivity contribution in [3.05, 3.63) is 101 Å². The number of nitrogens with zero attached hydrogens (tertiary/aromatic N) is 1.